The van der Waals surface area contributed by atoms with Gasteiger partial charge in [-0.05, 0) is 71.1 Å². The molecule has 2 aliphatic rings. The van der Waals surface area contributed by atoms with Gasteiger partial charge in [-0.1, -0.05) is 0 Å². The number of hydrogen-bond acceptors (Lipinski definition) is 5. The van der Waals surface area contributed by atoms with Gasteiger partial charge in [0.15, 0.2) is 5.78 Å². The summed E-state index contributed by atoms with van der Waals surface area (Å²) in [6.45, 7) is 5.59. The van der Waals surface area contributed by atoms with Crippen molar-refractivity contribution in [1.82, 2.24) is 4.90 Å². The van der Waals surface area contributed by atoms with Gasteiger partial charge in [-0.3, -0.25) is 4.79 Å². The summed E-state index contributed by atoms with van der Waals surface area (Å²) in [7, 11) is 1.54. The number of methoxy groups -OCH3 is 1. The number of nitrogens with zero attached hydrogens (tertiary/aromatic N) is 2. The predicted molar refractivity (Wildman–Crippen MR) is 104 cm³/mol. The zero-order chi connectivity index (χ0) is 20.5. The molecule has 150 valence electrons. The molecule has 1 aromatic rings. The van der Waals surface area contributed by atoms with Gasteiger partial charge in [-0.2, -0.15) is 5.26 Å². The molecule has 28 heavy (non-hydrogen) atoms. The number of carbonyl (C=O) groups is 2. The van der Waals surface area contributed by atoms with E-state index in [1.165, 1.54) is 0 Å². The Labute approximate surface area is 166 Å². The molecular formula is C22H28N2O4. The molecule has 6 nitrogen and oxygen atoms in total. The summed E-state index contributed by atoms with van der Waals surface area (Å²) >= 11 is 0. The van der Waals surface area contributed by atoms with Gasteiger partial charge >= 0.3 is 6.09 Å². The van der Waals surface area contributed by atoms with Gasteiger partial charge in [0.05, 0.1) is 18.7 Å². The number of rotatable bonds is 3. The molecule has 2 aliphatic heterocycles. The number of hydrogen-bond donors (Lipinski definition) is 0. The number of Topliss-reactive ketones (excluding diaryl/α,β-unsaturated/α-hetero) is 1. The maximum atomic E-state index is 13.2. The van der Waals surface area contributed by atoms with Crippen LogP contribution in [0.2, 0.25) is 0 Å². The number of fused-ring (bicyclic) bond motifs is 2. The molecule has 6 heteroatoms. The smallest absolute Gasteiger partial charge is 0.410 e. The lowest BCUT2D eigenvalue weighted by Crippen LogP contribution is -2.56. The minimum absolute atomic E-state index is 0.00689. The Morgan fingerprint density at radius 3 is 2.36 bits per heavy atom. The first-order valence-corrected chi connectivity index (χ1v) is 9.87. The topological polar surface area (TPSA) is 79.6 Å². The molecule has 0 saturated carbocycles. The molecule has 2 fully saturated rings. The second-order valence-electron chi connectivity index (χ2n) is 8.68. The standard InChI is InChI=1S/C22H28N2O4/c1-22(2,3)28-21(26)24-16-6-5-7-17(24)11-15(10-16)20(25)19-12-18(27-4)9-8-14(19)13-23/h8-9,12,15-17H,5-7,10-11H2,1-4H3. The van der Waals surface area contributed by atoms with Crippen LogP contribution in [-0.2, 0) is 4.74 Å². The van der Waals surface area contributed by atoms with Crippen LogP contribution in [-0.4, -0.2) is 41.6 Å². The van der Waals surface area contributed by atoms with Gasteiger partial charge in [0.1, 0.15) is 11.4 Å². The Kier molecular flexibility index (Phi) is 5.64. The first kappa shape index (κ1) is 20.2. The largest absolute Gasteiger partial charge is 0.497 e. The Morgan fingerprint density at radius 2 is 1.82 bits per heavy atom. The van der Waals surface area contributed by atoms with Gasteiger partial charge in [-0.25, -0.2) is 4.79 Å². The zero-order valence-electron chi connectivity index (χ0n) is 17.0. The summed E-state index contributed by atoms with van der Waals surface area (Å²) in [6, 6.07) is 7.09. The average Bonchev–Trinajstić information content (AvgIpc) is 2.64. The summed E-state index contributed by atoms with van der Waals surface area (Å²) in [5, 5.41) is 9.40. The van der Waals surface area contributed by atoms with E-state index in [0.29, 0.717) is 29.7 Å². The minimum atomic E-state index is -0.541. The van der Waals surface area contributed by atoms with Gasteiger partial charge in [0, 0.05) is 23.6 Å². The number of nitriles is 1. The van der Waals surface area contributed by atoms with Crippen molar-refractivity contribution in [3.8, 4) is 11.8 Å². The summed E-state index contributed by atoms with van der Waals surface area (Å²) in [4.78, 5) is 27.8. The van der Waals surface area contributed by atoms with Crippen LogP contribution in [0.3, 0.4) is 0 Å². The van der Waals surface area contributed by atoms with Crippen LogP contribution < -0.4 is 4.74 Å². The van der Waals surface area contributed by atoms with E-state index in [0.717, 1.165) is 19.3 Å². The number of piperidine rings is 2. The fourth-order valence-electron chi connectivity index (χ4n) is 4.38. The number of amides is 1. The van der Waals surface area contributed by atoms with Gasteiger partial charge in [-0.15, -0.1) is 0 Å². The third kappa shape index (κ3) is 4.14. The first-order chi connectivity index (χ1) is 13.2. The van der Waals surface area contributed by atoms with E-state index in [-0.39, 0.29) is 29.9 Å². The Morgan fingerprint density at radius 1 is 1.18 bits per heavy atom. The van der Waals surface area contributed by atoms with E-state index in [1.807, 2.05) is 25.7 Å². The molecule has 0 aromatic heterocycles. The van der Waals surface area contributed by atoms with Gasteiger partial charge < -0.3 is 14.4 Å². The molecule has 0 aliphatic carbocycles. The highest BCUT2D eigenvalue weighted by Gasteiger charge is 2.44. The predicted octanol–water partition coefficient (Wildman–Crippen LogP) is 4.32. The second kappa shape index (κ2) is 7.83. The summed E-state index contributed by atoms with van der Waals surface area (Å²) in [5.74, 6) is 0.332. The highest BCUT2D eigenvalue weighted by atomic mass is 16.6. The summed E-state index contributed by atoms with van der Waals surface area (Å²) in [5.41, 5.74) is 0.238. The monoisotopic (exact) mass is 384 g/mol. The first-order valence-electron chi connectivity index (χ1n) is 9.87. The lowest BCUT2D eigenvalue weighted by molar-refractivity contribution is -0.0260. The fraction of sp³-hybridized carbons (Fsp3) is 0.591. The van der Waals surface area contributed by atoms with Crippen molar-refractivity contribution in [1.29, 1.82) is 5.26 Å². The number of benzene rings is 1. The molecule has 3 rings (SSSR count). The molecule has 2 bridgehead atoms. The van der Waals surface area contributed by atoms with Crippen molar-refractivity contribution in [3.63, 3.8) is 0 Å². The maximum absolute atomic E-state index is 13.2. The van der Waals surface area contributed by atoms with Crippen molar-refractivity contribution >= 4 is 11.9 Å². The molecule has 1 aromatic carbocycles. The molecule has 0 N–H and O–H groups in total. The highest BCUT2D eigenvalue weighted by molar-refractivity contribution is 6.00. The highest BCUT2D eigenvalue weighted by Crippen LogP contribution is 2.39. The third-order valence-corrected chi connectivity index (χ3v) is 5.56. The van der Waals surface area contributed by atoms with Crippen LogP contribution in [0.15, 0.2) is 18.2 Å². The molecule has 1 amide bonds. The van der Waals surface area contributed by atoms with Crippen LogP contribution >= 0.6 is 0 Å². The molecule has 2 saturated heterocycles. The second-order valence-corrected chi connectivity index (χ2v) is 8.68. The van der Waals surface area contributed by atoms with Crippen molar-refractivity contribution < 1.29 is 19.1 Å². The molecule has 2 atom stereocenters. The fourth-order valence-corrected chi connectivity index (χ4v) is 4.38. The van der Waals surface area contributed by atoms with Crippen LogP contribution in [0.4, 0.5) is 4.79 Å². The molecule has 2 heterocycles. The van der Waals surface area contributed by atoms with Crippen LogP contribution in [0, 0.1) is 17.2 Å². The van der Waals surface area contributed by atoms with E-state index >= 15 is 0 Å². The summed E-state index contributed by atoms with van der Waals surface area (Å²) in [6.07, 6.45) is 3.74. The Balaban J connectivity index is 1.81. The van der Waals surface area contributed by atoms with E-state index in [1.54, 1.807) is 25.3 Å². The normalized spacial score (nSPS) is 24.2. The van der Waals surface area contributed by atoms with E-state index in [9.17, 15) is 14.9 Å². The van der Waals surface area contributed by atoms with Crippen LogP contribution in [0.1, 0.15) is 68.8 Å². The van der Waals surface area contributed by atoms with Crippen molar-refractivity contribution in [3.05, 3.63) is 29.3 Å². The zero-order valence-corrected chi connectivity index (χ0v) is 17.0. The van der Waals surface area contributed by atoms with Gasteiger partial charge in [0.25, 0.3) is 0 Å². The van der Waals surface area contributed by atoms with Crippen LogP contribution in [0.5, 0.6) is 5.75 Å². The quantitative estimate of drug-likeness (QED) is 0.725. The number of carbonyl (C=O) groups excluding carboxylic acids is 2. The van der Waals surface area contributed by atoms with Crippen molar-refractivity contribution in [2.75, 3.05) is 7.11 Å². The van der Waals surface area contributed by atoms with Gasteiger partial charge in [0.2, 0.25) is 0 Å². The average molecular weight is 384 g/mol. The van der Waals surface area contributed by atoms with E-state index in [4.69, 9.17) is 9.47 Å². The molecule has 0 spiro atoms. The maximum Gasteiger partial charge on any atom is 0.410 e. The lowest BCUT2D eigenvalue weighted by Gasteiger charge is -2.48. The Bertz CT molecular complexity index is 792. The minimum Gasteiger partial charge on any atom is -0.497 e. The van der Waals surface area contributed by atoms with E-state index in [2.05, 4.69) is 6.07 Å². The molecular weight excluding hydrogens is 356 g/mol. The molecule has 0 radical (unpaired) electrons. The molecule has 2 unspecified atom stereocenters. The number of ether oxygens (including phenoxy) is 2. The summed E-state index contributed by atoms with van der Waals surface area (Å²) < 4.78 is 10.8. The number of ketones is 1. The Hall–Kier alpha value is -2.55. The SMILES string of the molecule is COc1ccc(C#N)c(C(=O)C2CC3CCCC(C2)N3C(=O)OC(C)(C)C)c1. The van der Waals surface area contributed by atoms with Crippen molar-refractivity contribution in [2.45, 2.75) is 70.6 Å². The van der Waals surface area contributed by atoms with E-state index < -0.39 is 5.60 Å². The third-order valence-electron chi connectivity index (χ3n) is 5.56. The van der Waals surface area contributed by atoms with Crippen LogP contribution in [0.25, 0.3) is 0 Å². The lowest BCUT2D eigenvalue weighted by atomic mass is 9.75. The van der Waals surface area contributed by atoms with Crippen molar-refractivity contribution in [2.24, 2.45) is 5.92 Å².